The summed E-state index contributed by atoms with van der Waals surface area (Å²) in [6.45, 7) is 1.06. The average molecular weight is 378 g/mol. The van der Waals surface area contributed by atoms with Crippen LogP contribution in [0.4, 0.5) is 0 Å². The lowest BCUT2D eigenvalue weighted by Crippen LogP contribution is -2.49. The molecule has 0 bridgehead atoms. The number of nitrogens with zero attached hydrogens (tertiary/aromatic N) is 3. The van der Waals surface area contributed by atoms with Gasteiger partial charge in [-0.3, -0.25) is 9.69 Å². The molecule has 28 heavy (non-hydrogen) atoms. The molecule has 0 fully saturated rings. The van der Waals surface area contributed by atoms with Crippen molar-refractivity contribution >= 4 is 5.91 Å². The van der Waals surface area contributed by atoms with Crippen LogP contribution >= 0.6 is 0 Å². The first-order valence-electron chi connectivity index (χ1n) is 9.17. The van der Waals surface area contributed by atoms with Gasteiger partial charge in [-0.15, -0.1) is 0 Å². The van der Waals surface area contributed by atoms with Crippen LogP contribution < -0.4 is 10.1 Å². The standard InChI is InChI=1S/C21H22N4O3/c1-22-21(26)18-11-14-6-3-4-7-16(14)12-25(18)13-19-23-20(24-28-19)15-8-5-9-17(10-15)27-2/h3-10,18H,11-13H2,1-2H3,(H,22,26). The fourth-order valence-corrected chi connectivity index (χ4v) is 3.54. The Labute approximate surface area is 163 Å². The highest BCUT2D eigenvalue weighted by Gasteiger charge is 2.32. The Kier molecular flexibility index (Phi) is 5.08. The quantitative estimate of drug-likeness (QED) is 0.734. The second-order valence-corrected chi connectivity index (χ2v) is 6.75. The van der Waals surface area contributed by atoms with Gasteiger partial charge in [0.25, 0.3) is 0 Å². The second kappa shape index (κ2) is 7.82. The van der Waals surface area contributed by atoms with Crippen LogP contribution in [0.15, 0.2) is 53.1 Å². The van der Waals surface area contributed by atoms with Crippen LogP contribution in [0.5, 0.6) is 5.75 Å². The van der Waals surface area contributed by atoms with E-state index in [9.17, 15) is 4.79 Å². The summed E-state index contributed by atoms with van der Waals surface area (Å²) in [6.07, 6.45) is 0.659. The number of hydrogen-bond acceptors (Lipinski definition) is 6. The number of aromatic nitrogens is 2. The van der Waals surface area contributed by atoms with Gasteiger partial charge < -0.3 is 14.6 Å². The van der Waals surface area contributed by atoms with Crippen molar-refractivity contribution in [2.45, 2.75) is 25.6 Å². The summed E-state index contributed by atoms with van der Waals surface area (Å²) in [6, 6.07) is 15.4. The Bertz CT molecular complexity index is 985. The third-order valence-electron chi connectivity index (χ3n) is 5.03. The number of hydrogen-bond donors (Lipinski definition) is 1. The first kappa shape index (κ1) is 18.2. The first-order valence-corrected chi connectivity index (χ1v) is 9.17. The van der Waals surface area contributed by atoms with Gasteiger partial charge in [-0.25, -0.2) is 0 Å². The van der Waals surface area contributed by atoms with E-state index in [4.69, 9.17) is 9.26 Å². The van der Waals surface area contributed by atoms with Crippen molar-refractivity contribution < 1.29 is 14.1 Å². The van der Waals surface area contributed by atoms with Crippen molar-refractivity contribution in [2.24, 2.45) is 0 Å². The molecule has 1 aliphatic heterocycles. The monoisotopic (exact) mass is 378 g/mol. The highest BCUT2D eigenvalue weighted by Crippen LogP contribution is 2.26. The van der Waals surface area contributed by atoms with Crippen LogP contribution in [-0.4, -0.2) is 41.1 Å². The highest BCUT2D eigenvalue weighted by molar-refractivity contribution is 5.82. The van der Waals surface area contributed by atoms with Crippen molar-refractivity contribution in [1.29, 1.82) is 0 Å². The molecule has 1 amide bonds. The molecule has 0 saturated heterocycles. The summed E-state index contributed by atoms with van der Waals surface area (Å²) in [5, 5.41) is 6.86. The van der Waals surface area contributed by atoms with Gasteiger partial charge in [-0.1, -0.05) is 41.6 Å². The Morgan fingerprint density at radius 3 is 2.86 bits per heavy atom. The van der Waals surface area contributed by atoms with Crippen molar-refractivity contribution in [1.82, 2.24) is 20.4 Å². The maximum Gasteiger partial charge on any atom is 0.241 e. The zero-order chi connectivity index (χ0) is 19.5. The summed E-state index contributed by atoms with van der Waals surface area (Å²) in [5.74, 6) is 1.70. The SMILES string of the molecule is CNC(=O)C1Cc2ccccc2CN1Cc1nc(-c2cccc(OC)c2)no1. The third kappa shape index (κ3) is 3.61. The molecule has 1 aliphatic rings. The fraction of sp³-hybridized carbons (Fsp3) is 0.286. The zero-order valence-corrected chi connectivity index (χ0v) is 15.9. The predicted octanol–water partition coefficient (Wildman–Crippen LogP) is 2.42. The van der Waals surface area contributed by atoms with Gasteiger partial charge in [-0.2, -0.15) is 4.98 Å². The fourth-order valence-electron chi connectivity index (χ4n) is 3.54. The van der Waals surface area contributed by atoms with Gasteiger partial charge >= 0.3 is 0 Å². The van der Waals surface area contributed by atoms with Crippen molar-refractivity contribution in [3.63, 3.8) is 0 Å². The van der Waals surface area contributed by atoms with E-state index in [1.54, 1.807) is 14.2 Å². The number of amides is 1. The normalized spacial score (nSPS) is 16.4. The first-order chi connectivity index (χ1) is 13.7. The Hall–Kier alpha value is -3.19. The summed E-state index contributed by atoms with van der Waals surface area (Å²) in [7, 11) is 3.28. The van der Waals surface area contributed by atoms with Gasteiger partial charge in [0.05, 0.1) is 19.7 Å². The number of likely N-dealkylation sites (N-methyl/N-ethyl adjacent to an activating group) is 1. The van der Waals surface area contributed by atoms with Crippen LogP contribution in [0.3, 0.4) is 0 Å². The number of nitrogens with one attached hydrogen (secondary N) is 1. The number of carbonyl (C=O) groups excluding carboxylic acids is 1. The Balaban J connectivity index is 1.57. The number of methoxy groups -OCH3 is 1. The molecule has 7 nitrogen and oxygen atoms in total. The summed E-state index contributed by atoms with van der Waals surface area (Å²) < 4.78 is 10.7. The van der Waals surface area contributed by atoms with Crippen molar-refractivity contribution in [3.05, 3.63) is 65.5 Å². The minimum atomic E-state index is -0.271. The lowest BCUT2D eigenvalue weighted by Gasteiger charge is -2.34. The van der Waals surface area contributed by atoms with Crippen molar-refractivity contribution in [2.75, 3.05) is 14.2 Å². The average Bonchev–Trinajstić information content (AvgIpc) is 3.21. The number of ether oxygens (including phenoxy) is 1. The van der Waals surface area contributed by atoms with E-state index in [-0.39, 0.29) is 11.9 Å². The maximum atomic E-state index is 12.4. The van der Waals surface area contributed by atoms with Crippen LogP contribution in [0.1, 0.15) is 17.0 Å². The molecule has 2 aromatic carbocycles. The van der Waals surface area contributed by atoms with Gasteiger partial charge in [0, 0.05) is 19.2 Å². The zero-order valence-electron chi connectivity index (χ0n) is 15.9. The van der Waals surface area contributed by atoms with Crippen LogP contribution in [-0.2, 0) is 24.3 Å². The number of rotatable bonds is 5. The smallest absolute Gasteiger partial charge is 0.241 e. The molecule has 1 unspecified atom stereocenters. The molecule has 0 saturated carbocycles. The lowest BCUT2D eigenvalue weighted by molar-refractivity contribution is -0.127. The molecule has 0 radical (unpaired) electrons. The molecule has 1 N–H and O–H groups in total. The summed E-state index contributed by atoms with van der Waals surface area (Å²) >= 11 is 0. The van der Waals surface area contributed by atoms with Crippen LogP contribution in [0.25, 0.3) is 11.4 Å². The van der Waals surface area contributed by atoms with Crippen LogP contribution in [0.2, 0.25) is 0 Å². The lowest BCUT2D eigenvalue weighted by atomic mass is 9.93. The molecule has 0 aliphatic carbocycles. The summed E-state index contributed by atoms with van der Waals surface area (Å²) in [5.41, 5.74) is 3.24. The molecule has 144 valence electrons. The number of fused-ring (bicyclic) bond motifs is 1. The Morgan fingerprint density at radius 2 is 2.07 bits per heavy atom. The molecular formula is C21H22N4O3. The van der Waals surface area contributed by atoms with E-state index in [2.05, 4.69) is 32.5 Å². The minimum absolute atomic E-state index is 0.0120. The van der Waals surface area contributed by atoms with Crippen LogP contribution in [0, 0.1) is 0 Å². The van der Waals surface area contributed by atoms with E-state index in [1.807, 2.05) is 36.4 Å². The highest BCUT2D eigenvalue weighted by atomic mass is 16.5. The van der Waals surface area contributed by atoms with E-state index >= 15 is 0 Å². The van der Waals surface area contributed by atoms with Gasteiger partial charge in [-0.05, 0) is 29.7 Å². The van der Waals surface area contributed by atoms with E-state index in [0.717, 1.165) is 11.3 Å². The number of benzene rings is 2. The van der Waals surface area contributed by atoms with Gasteiger partial charge in [0.1, 0.15) is 5.75 Å². The summed E-state index contributed by atoms with van der Waals surface area (Å²) in [4.78, 5) is 19.0. The molecule has 1 aromatic heterocycles. The maximum absolute atomic E-state index is 12.4. The van der Waals surface area contributed by atoms with Crippen molar-refractivity contribution in [3.8, 4) is 17.1 Å². The molecule has 0 spiro atoms. The van der Waals surface area contributed by atoms with Gasteiger partial charge in [0.2, 0.25) is 17.6 Å². The predicted molar refractivity (Wildman–Crippen MR) is 104 cm³/mol. The molecule has 1 atom stereocenters. The molecule has 3 aromatic rings. The van der Waals surface area contributed by atoms with E-state index in [1.165, 1.54) is 11.1 Å². The molecule has 2 heterocycles. The molecular weight excluding hydrogens is 356 g/mol. The Morgan fingerprint density at radius 1 is 1.25 bits per heavy atom. The molecule has 7 heteroatoms. The largest absolute Gasteiger partial charge is 0.497 e. The second-order valence-electron chi connectivity index (χ2n) is 6.75. The topological polar surface area (TPSA) is 80.5 Å². The number of carbonyl (C=O) groups is 1. The van der Waals surface area contributed by atoms with Gasteiger partial charge in [0.15, 0.2) is 0 Å². The third-order valence-corrected chi connectivity index (χ3v) is 5.03. The van der Waals surface area contributed by atoms with E-state index < -0.39 is 0 Å². The minimum Gasteiger partial charge on any atom is -0.497 e. The van der Waals surface area contributed by atoms with E-state index in [0.29, 0.717) is 31.2 Å². The molecule has 4 rings (SSSR count).